The lowest BCUT2D eigenvalue weighted by Gasteiger charge is -2.23. The molecule has 0 aliphatic rings. The fourth-order valence-corrected chi connectivity index (χ4v) is 2.89. The molecule has 0 radical (unpaired) electrons. The molecule has 0 aliphatic heterocycles. The second kappa shape index (κ2) is 10.2. The lowest BCUT2D eigenvalue weighted by Crippen LogP contribution is -3.00. The SMILES string of the molecule is C[N+](C)(C)CCCC=C(c1ccc(C(F)(F)F)cc1)c1ccc(C(F)(F)F)cc1.[I-]. The van der Waals surface area contributed by atoms with Gasteiger partial charge in [0.05, 0.1) is 38.8 Å². The number of rotatable bonds is 6. The minimum absolute atomic E-state index is 0. The van der Waals surface area contributed by atoms with Gasteiger partial charge in [-0.3, -0.25) is 0 Å². The van der Waals surface area contributed by atoms with Crippen LogP contribution in [-0.4, -0.2) is 32.2 Å². The molecule has 0 fully saturated rings. The van der Waals surface area contributed by atoms with E-state index in [4.69, 9.17) is 0 Å². The summed E-state index contributed by atoms with van der Waals surface area (Å²) in [5.74, 6) is 0. The summed E-state index contributed by atoms with van der Waals surface area (Å²) in [6.07, 6.45) is -5.51. The Hall–Kier alpha value is -1.55. The number of alkyl halides is 6. The van der Waals surface area contributed by atoms with Crippen molar-refractivity contribution in [2.24, 2.45) is 0 Å². The van der Waals surface area contributed by atoms with Crippen molar-refractivity contribution in [2.45, 2.75) is 25.2 Å². The van der Waals surface area contributed by atoms with E-state index in [9.17, 15) is 26.3 Å². The number of hydrogen-bond donors (Lipinski definition) is 0. The molecule has 2 rings (SSSR count). The van der Waals surface area contributed by atoms with Gasteiger partial charge in [-0.15, -0.1) is 0 Å². The van der Waals surface area contributed by atoms with Gasteiger partial charge < -0.3 is 28.5 Å². The van der Waals surface area contributed by atoms with Gasteiger partial charge in [-0.05, 0) is 47.4 Å². The minimum atomic E-state index is -4.44. The van der Waals surface area contributed by atoms with Crippen LogP contribution in [0.1, 0.15) is 35.1 Å². The van der Waals surface area contributed by atoms with Gasteiger partial charge in [0.25, 0.3) is 0 Å². The van der Waals surface area contributed by atoms with E-state index < -0.39 is 23.5 Å². The van der Waals surface area contributed by atoms with E-state index in [-0.39, 0.29) is 24.0 Å². The zero-order valence-corrected chi connectivity index (χ0v) is 19.1. The van der Waals surface area contributed by atoms with Crippen LogP contribution in [0.15, 0.2) is 54.6 Å². The van der Waals surface area contributed by atoms with Crippen molar-refractivity contribution < 1.29 is 54.8 Å². The largest absolute Gasteiger partial charge is 1.00 e. The lowest BCUT2D eigenvalue weighted by atomic mass is 9.94. The van der Waals surface area contributed by atoms with Crippen molar-refractivity contribution in [1.82, 2.24) is 0 Å². The smallest absolute Gasteiger partial charge is 0.416 e. The molecule has 2 aromatic rings. The van der Waals surface area contributed by atoms with Crippen LogP contribution in [0.3, 0.4) is 0 Å². The van der Waals surface area contributed by atoms with Crippen LogP contribution in [-0.2, 0) is 12.4 Å². The Morgan fingerprint density at radius 3 is 1.40 bits per heavy atom. The number of halogens is 7. The molecular weight excluding hydrogens is 519 g/mol. The van der Waals surface area contributed by atoms with Gasteiger partial charge in [0.1, 0.15) is 0 Å². The predicted octanol–water partition coefficient (Wildman–Crippen LogP) is 3.65. The van der Waals surface area contributed by atoms with Gasteiger partial charge in [-0.1, -0.05) is 30.3 Å². The summed E-state index contributed by atoms with van der Waals surface area (Å²) in [6.45, 7) is 0.893. The van der Waals surface area contributed by atoms with Crippen molar-refractivity contribution in [3.05, 3.63) is 76.9 Å². The van der Waals surface area contributed by atoms with E-state index in [1.165, 1.54) is 24.3 Å². The number of allylic oxidation sites excluding steroid dienone is 1. The monoisotopic (exact) mass is 543 g/mol. The second-order valence-electron chi connectivity index (χ2n) is 7.92. The topological polar surface area (TPSA) is 0 Å². The molecule has 0 amide bonds. The van der Waals surface area contributed by atoms with Gasteiger partial charge in [0.2, 0.25) is 0 Å². The molecular formula is C22H24F6IN. The summed E-state index contributed by atoms with van der Waals surface area (Å²) in [6, 6.07) is 9.35. The first-order valence-corrected chi connectivity index (χ1v) is 9.13. The minimum Gasteiger partial charge on any atom is -1.00 e. The first-order chi connectivity index (χ1) is 13.3. The molecule has 0 bridgehead atoms. The van der Waals surface area contributed by atoms with Crippen LogP contribution in [0, 0.1) is 0 Å². The van der Waals surface area contributed by atoms with Gasteiger partial charge in [0.15, 0.2) is 0 Å². The number of quaternary nitrogens is 1. The highest BCUT2D eigenvalue weighted by Crippen LogP contribution is 2.33. The summed E-state index contributed by atoms with van der Waals surface area (Å²) in [5, 5.41) is 0. The molecule has 8 heteroatoms. The van der Waals surface area contributed by atoms with Crippen LogP contribution in [0.4, 0.5) is 26.3 Å². The standard InChI is InChI=1S/C22H24F6N.HI/c1-29(2,3)15-5-4-6-20(16-7-11-18(12-8-16)21(23,24)25)17-9-13-19(14-10-17)22(26,27)28;/h6-14H,4-5,15H2,1-3H3;1H/q+1;/p-1. The molecule has 0 atom stereocenters. The van der Waals surface area contributed by atoms with Crippen LogP contribution in [0.25, 0.3) is 5.57 Å². The highest BCUT2D eigenvalue weighted by atomic mass is 127. The Kier molecular flexibility index (Phi) is 8.98. The zero-order valence-electron chi connectivity index (χ0n) is 16.9. The Morgan fingerprint density at radius 2 is 1.10 bits per heavy atom. The highest BCUT2D eigenvalue weighted by molar-refractivity contribution is 5.80. The van der Waals surface area contributed by atoms with Gasteiger partial charge in [-0.25, -0.2) is 0 Å². The molecule has 1 nitrogen and oxygen atoms in total. The average Bonchev–Trinajstić information content (AvgIpc) is 2.60. The maximum absolute atomic E-state index is 12.8. The maximum Gasteiger partial charge on any atom is 0.416 e. The van der Waals surface area contributed by atoms with E-state index in [0.717, 1.165) is 41.7 Å². The van der Waals surface area contributed by atoms with Gasteiger partial charge >= 0.3 is 12.4 Å². The number of hydrogen-bond acceptors (Lipinski definition) is 0. The van der Waals surface area contributed by atoms with Gasteiger partial charge in [-0.2, -0.15) is 26.3 Å². The fraction of sp³-hybridized carbons (Fsp3) is 0.364. The van der Waals surface area contributed by atoms with E-state index in [0.29, 0.717) is 23.1 Å². The molecule has 2 aromatic carbocycles. The first kappa shape index (κ1) is 26.5. The number of nitrogens with zero attached hydrogens (tertiary/aromatic N) is 1. The van der Waals surface area contributed by atoms with Crippen LogP contribution in [0.5, 0.6) is 0 Å². The van der Waals surface area contributed by atoms with Crippen molar-refractivity contribution in [3.63, 3.8) is 0 Å². The summed E-state index contributed by atoms with van der Waals surface area (Å²) in [4.78, 5) is 0. The number of benzene rings is 2. The maximum atomic E-state index is 12.8. The second-order valence-corrected chi connectivity index (χ2v) is 7.92. The zero-order chi connectivity index (χ0) is 21.9. The van der Waals surface area contributed by atoms with Crippen LogP contribution < -0.4 is 24.0 Å². The van der Waals surface area contributed by atoms with Crippen LogP contribution >= 0.6 is 0 Å². The summed E-state index contributed by atoms with van der Waals surface area (Å²) in [5.41, 5.74) is 0.149. The van der Waals surface area contributed by atoms with E-state index in [1.54, 1.807) is 0 Å². The van der Waals surface area contributed by atoms with Crippen molar-refractivity contribution in [2.75, 3.05) is 27.7 Å². The summed E-state index contributed by atoms with van der Waals surface area (Å²) in [7, 11) is 6.16. The molecule has 0 N–H and O–H groups in total. The molecule has 0 saturated heterocycles. The fourth-order valence-electron chi connectivity index (χ4n) is 2.89. The Balaban J connectivity index is 0.00000450. The molecule has 0 spiro atoms. The summed E-state index contributed by atoms with van der Waals surface area (Å²) < 4.78 is 77.8. The Bertz CT molecular complexity index is 769. The average molecular weight is 543 g/mol. The third kappa shape index (κ3) is 7.94. The van der Waals surface area contributed by atoms with E-state index in [1.807, 2.05) is 6.08 Å². The molecule has 166 valence electrons. The van der Waals surface area contributed by atoms with Crippen molar-refractivity contribution >= 4 is 5.57 Å². The Labute approximate surface area is 190 Å². The third-order valence-corrected chi connectivity index (χ3v) is 4.43. The van der Waals surface area contributed by atoms with Crippen molar-refractivity contribution in [3.8, 4) is 0 Å². The number of unbranched alkanes of at least 4 members (excludes halogenated alkanes) is 1. The first-order valence-electron chi connectivity index (χ1n) is 9.13. The quantitative estimate of drug-likeness (QED) is 0.226. The molecule has 0 unspecified atom stereocenters. The molecule has 0 aromatic heterocycles. The molecule has 0 heterocycles. The van der Waals surface area contributed by atoms with E-state index in [2.05, 4.69) is 21.1 Å². The predicted molar refractivity (Wildman–Crippen MR) is 102 cm³/mol. The third-order valence-electron chi connectivity index (χ3n) is 4.43. The van der Waals surface area contributed by atoms with Gasteiger partial charge in [0, 0.05) is 6.42 Å². The van der Waals surface area contributed by atoms with Crippen molar-refractivity contribution in [1.29, 1.82) is 0 Å². The highest BCUT2D eigenvalue weighted by Gasteiger charge is 2.31. The Morgan fingerprint density at radius 1 is 0.733 bits per heavy atom. The van der Waals surface area contributed by atoms with Crippen LogP contribution in [0.2, 0.25) is 0 Å². The summed E-state index contributed by atoms with van der Waals surface area (Å²) >= 11 is 0. The molecule has 30 heavy (non-hydrogen) atoms. The lowest BCUT2D eigenvalue weighted by molar-refractivity contribution is -0.870. The molecule has 0 saturated carbocycles. The molecule has 0 aliphatic carbocycles. The normalized spacial score (nSPS) is 12.3. The van der Waals surface area contributed by atoms with E-state index >= 15 is 0 Å².